The number of hydrogen-bond acceptors (Lipinski definition) is 2. The van der Waals surface area contributed by atoms with Gasteiger partial charge < -0.3 is 15.6 Å². The Labute approximate surface area is 124 Å². The first kappa shape index (κ1) is 14.8. The van der Waals surface area contributed by atoms with Gasteiger partial charge in [-0.15, -0.1) is 0 Å². The molecule has 0 atom stereocenters. The van der Waals surface area contributed by atoms with Crippen LogP contribution in [-0.2, 0) is 13.1 Å². The summed E-state index contributed by atoms with van der Waals surface area (Å²) in [5, 5.41) is 3.02. The van der Waals surface area contributed by atoms with E-state index in [1.54, 1.807) is 16.8 Å². The van der Waals surface area contributed by atoms with Gasteiger partial charge in [-0.05, 0) is 37.6 Å². The van der Waals surface area contributed by atoms with Crippen LogP contribution < -0.4 is 16.6 Å². The van der Waals surface area contributed by atoms with Gasteiger partial charge in [-0.1, -0.05) is 18.2 Å². The van der Waals surface area contributed by atoms with Gasteiger partial charge in [0.1, 0.15) is 0 Å². The van der Waals surface area contributed by atoms with E-state index in [1.807, 2.05) is 44.2 Å². The van der Waals surface area contributed by atoms with Crippen molar-refractivity contribution in [1.82, 2.24) is 4.57 Å². The van der Waals surface area contributed by atoms with Crippen molar-refractivity contribution in [3.8, 4) is 0 Å². The summed E-state index contributed by atoms with van der Waals surface area (Å²) in [6.07, 6.45) is 1.77. The lowest BCUT2D eigenvalue weighted by atomic mass is 10.2. The third-order valence-electron chi connectivity index (χ3n) is 3.15. The molecule has 0 amide bonds. The first-order valence-corrected chi connectivity index (χ1v) is 6.92. The van der Waals surface area contributed by atoms with Crippen LogP contribution >= 0.6 is 0 Å². The van der Waals surface area contributed by atoms with E-state index in [2.05, 4.69) is 10.3 Å². The molecule has 0 aliphatic carbocycles. The summed E-state index contributed by atoms with van der Waals surface area (Å²) in [6.45, 7) is 4.86. The van der Waals surface area contributed by atoms with Crippen molar-refractivity contribution in [2.75, 3.05) is 5.32 Å². The van der Waals surface area contributed by atoms with Crippen molar-refractivity contribution < 1.29 is 0 Å². The smallest absolute Gasteiger partial charge is 0.255 e. The molecular formula is C16H20N4O. The van der Waals surface area contributed by atoms with Crippen LogP contribution in [0.1, 0.15) is 18.1 Å². The number of aryl methyl sites for hydroxylation is 2. The van der Waals surface area contributed by atoms with E-state index in [1.165, 1.54) is 0 Å². The van der Waals surface area contributed by atoms with Crippen LogP contribution in [0, 0.1) is 6.92 Å². The number of rotatable bonds is 4. The lowest BCUT2D eigenvalue weighted by molar-refractivity contribution is 0.714. The van der Waals surface area contributed by atoms with Gasteiger partial charge in [0, 0.05) is 24.0 Å². The standard InChI is InChI=1S/C16H20N4O/c1-3-20-9-5-7-13(15(20)21)11-18-16(17)19-14-8-4-6-12(2)10-14/h4-10H,3,11H2,1-2H3,(H3,17,18,19). The monoisotopic (exact) mass is 284 g/mol. The van der Waals surface area contributed by atoms with Crippen LogP contribution in [0.5, 0.6) is 0 Å². The molecule has 5 nitrogen and oxygen atoms in total. The van der Waals surface area contributed by atoms with Crippen molar-refractivity contribution in [2.45, 2.75) is 26.9 Å². The molecule has 1 heterocycles. The number of aromatic nitrogens is 1. The Bertz CT molecular complexity index is 703. The molecule has 1 aromatic heterocycles. The third-order valence-corrected chi connectivity index (χ3v) is 3.15. The third kappa shape index (κ3) is 3.95. The summed E-state index contributed by atoms with van der Waals surface area (Å²) in [4.78, 5) is 16.3. The number of nitrogens with two attached hydrogens (primary N) is 1. The fourth-order valence-corrected chi connectivity index (χ4v) is 2.04. The molecule has 0 saturated carbocycles. The predicted octanol–water partition coefficient (Wildman–Crippen LogP) is 2.10. The molecule has 0 unspecified atom stereocenters. The Hall–Kier alpha value is -2.56. The van der Waals surface area contributed by atoms with Gasteiger partial charge in [-0.25, -0.2) is 4.99 Å². The van der Waals surface area contributed by atoms with Gasteiger partial charge in [0.25, 0.3) is 5.56 Å². The molecule has 0 aliphatic heterocycles. The molecule has 2 aromatic rings. The number of guanidine groups is 1. The van der Waals surface area contributed by atoms with E-state index in [9.17, 15) is 4.79 Å². The maximum absolute atomic E-state index is 12.0. The Morgan fingerprint density at radius 3 is 2.86 bits per heavy atom. The number of pyridine rings is 1. The topological polar surface area (TPSA) is 72.4 Å². The van der Waals surface area contributed by atoms with Crippen LogP contribution in [0.15, 0.2) is 52.4 Å². The zero-order valence-corrected chi connectivity index (χ0v) is 12.3. The number of hydrogen-bond donors (Lipinski definition) is 2. The second-order valence-corrected chi connectivity index (χ2v) is 4.82. The van der Waals surface area contributed by atoms with Crippen LogP contribution in [-0.4, -0.2) is 10.5 Å². The molecule has 3 N–H and O–H groups in total. The second kappa shape index (κ2) is 6.74. The highest BCUT2D eigenvalue weighted by atomic mass is 16.1. The maximum Gasteiger partial charge on any atom is 0.255 e. The minimum atomic E-state index is -0.0212. The van der Waals surface area contributed by atoms with Crippen molar-refractivity contribution in [2.24, 2.45) is 10.7 Å². The summed E-state index contributed by atoms with van der Waals surface area (Å²) in [7, 11) is 0. The van der Waals surface area contributed by atoms with Gasteiger partial charge in [0.05, 0.1) is 6.54 Å². The molecule has 1 aromatic carbocycles. The van der Waals surface area contributed by atoms with Gasteiger partial charge in [-0.3, -0.25) is 4.79 Å². The molecule has 5 heteroatoms. The normalized spacial score (nSPS) is 11.4. The van der Waals surface area contributed by atoms with Gasteiger partial charge in [0.15, 0.2) is 5.96 Å². The number of nitrogens with one attached hydrogen (secondary N) is 1. The van der Waals surface area contributed by atoms with Crippen molar-refractivity contribution in [3.05, 3.63) is 64.1 Å². The highest BCUT2D eigenvalue weighted by Gasteiger charge is 2.02. The van der Waals surface area contributed by atoms with E-state index in [4.69, 9.17) is 5.73 Å². The molecule has 0 bridgehead atoms. The number of benzene rings is 1. The van der Waals surface area contributed by atoms with E-state index in [0.717, 1.165) is 11.3 Å². The lowest BCUT2D eigenvalue weighted by Gasteiger charge is -2.07. The maximum atomic E-state index is 12.0. The first-order chi connectivity index (χ1) is 10.1. The Balaban J connectivity index is 2.09. The minimum absolute atomic E-state index is 0.0212. The minimum Gasteiger partial charge on any atom is -0.370 e. The highest BCUT2D eigenvalue weighted by molar-refractivity contribution is 5.92. The summed E-state index contributed by atoms with van der Waals surface area (Å²) < 4.78 is 1.65. The van der Waals surface area contributed by atoms with Gasteiger partial charge >= 0.3 is 0 Å². The predicted molar refractivity (Wildman–Crippen MR) is 86.5 cm³/mol. The van der Waals surface area contributed by atoms with E-state index >= 15 is 0 Å². The second-order valence-electron chi connectivity index (χ2n) is 4.82. The summed E-state index contributed by atoms with van der Waals surface area (Å²) in [5.74, 6) is 0.298. The van der Waals surface area contributed by atoms with Crippen molar-refractivity contribution in [1.29, 1.82) is 0 Å². The van der Waals surface area contributed by atoms with E-state index in [0.29, 0.717) is 18.1 Å². The Morgan fingerprint density at radius 2 is 2.14 bits per heavy atom. The average Bonchev–Trinajstić information content (AvgIpc) is 2.46. The van der Waals surface area contributed by atoms with Crippen LogP contribution in [0.4, 0.5) is 5.69 Å². The van der Waals surface area contributed by atoms with Crippen molar-refractivity contribution in [3.63, 3.8) is 0 Å². The number of nitrogens with zero attached hydrogens (tertiary/aromatic N) is 2. The lowest BCUT2D eigenvalue weighted by Crippen LogP contribution is -2.25. The van der Waals surface area contributed by atoms with Gasteiger partial charge in [-0.2, -0.15) is 0 Å². The largest absolute Gasteiger partial charge is 0.370 e. The molecular weight excluding hydrogens is 264 g/mol. The van der Waals surface area contributed by atoms with Crippen LogP contribution in [0.3, 0.4) is 0 Å². The van der Waals surface area contributed by atoms with E-state index in [-0.39, 0.29) is 12.1 Å². The highest BCUT2D eigenvalue weighted by Crippen LogP contribution is 2.08. The molecule has 0 radical (unpaired) electrons. The van der Waals surface area contributed by atoms with E-state index < -0.39 is 0 Å². The summed E-state index contributed by atoms with van der Waals surface area (Å²) in [6, 6.07) is 11.5. The zero-order chi connectivity index (χ0) is 15.2. The molecule has 0 fully saturated rings. The Kier molecular flexibility index (Phi) is 4.77. The molecule has 0 saturated heterocycles. The summed E-state index contributed by atoms with van der Waals surface area (Å²) in [5.41, 5.74) is 8.49. The SMILES string of the molecule is CCn1cccc(CN=C(N)Nc2cccc(C)c2)c1=O. The molecule has 0 aliphatic rings. The zero-order valence-electron chi connectivity index (χ0n) is 12.3. The molecule has 0 spiro atoms. The molecule has 2 rings (SSSR count). The number of anilines is 1. The van der Waals surface area contributed by atoms with Crippen LogP contribution in [0.2, 0.25) is 0 Å². The average molecular weight is 284 g/mol. The fraction of sp³-hybridized carbons (Fsp3) is 0.250. The van der Waals surface area contributed by atoms with Crippen LogP contribution in [0.25, 0.3) is 0 Å². The number of aliphatic imine (C=N–C) groups is 1. The fourth-order valence-electron chi connectivity index (χ4n) is 2.04. The Morgan fingerprint density at radius 1 is 1.33 bits per heavy atom. The summed E-state index contributed by atoms with van der Waals surface area (Å²) >= 11 is 0. The van der Waals surface area contributed by atoms with Gasteiger partial charge in [0.2, 0.25) is 0 Å². The molecule has 21 heavy (non-hydrogen) atoms. The first-order valence-electron chi connectivity index (χ1n) is 6.92. The van der Waals surface area contributed by atoms with Crippen molar-refractivity contribution >= 4 is 11.6 Å². The quantitative estimate of drug-likeness (QED) is 0.667. The molecule has 110 valence electrons.